The minimum Gasteiger partial charge on any atom is -0.440 e. The Bertz CT molecular complexity index is 976. The normalized spacial score (nSPS) is 36.1. The van der Waals surface area contributed by atoms with Crippen molar-refractivity contribution in [3.8, 4) is 0 Å². The smallest absolute Gasteiger partial charge is 0.241 e. The molecule has 0 saturated carbocycles. The molecule has 4 heterocycles. The lowest BCUT2D eigenvalue weighted by atomic mass is 9.73. The minimum atomic E-state index is -0.741. The van der Waals surface area contributed by atoms with Crippen molar-refractivity contribution in [2.24, 2.45) is 11.8 Å². The molecule has 2 saturated heterocycles. The highest BCUT2D eigenvalue weighted by molar-refractivity contribution is 9.10. The van der Waals surface area contributed by atoms with E-state index in [2.05, 4.69) is 20.9 Å². The molecule has 0 N–H and O–H groups in total. The Morgan fingerprint density at radius 1 is 1.12 bits per heavy atom. The van der Waals surface area contributed by atoms with E-state index in [-0.39, 0.29) is 11.8 Å². The molecule has 0 spiro atoms. The molecule has 2 bridgehead atoms. The molecule has 2 unspecified atom stereocenters. The number of aryl methyl sites for hydroxylation is 1. The SMILES string of the molecule is Cc1nc2c(N3C(=O)[C@@H]4[C@H](C3=O)C3(C)C=CC4(C)O3)ccc(Br)c2o1. The number of nitrogens with zero attached hydrogens (tertiary/aromatic N) is 2. The van der Waals surface area contributed by atoms with Crippen molar-refractivity contribution in [3.63, 3.8) is 0 Å². The Kier molecular flexibility index (Phi) is 2.69. The number of carbonyl (C=O) groups excluding carboxylic acids is 2. The van der Waals surface area contributed by atoms with Gasteiger partial charge in [-0.2, -0.15) is 0 Å². The van der Waals surface area contributed by atoms with E-state index in [9.17, 15) is 9.59 Å². The molecule has 128 valence electrons. The summed E-state index contributed by atoms with van der Waals surface area (Å²) in [6, 6.07) is 3.50. The molecule has 4 atom stereocenters. The van der Waals surface area contributed by atoms with E-state index in [1.807, 2.05) is 26.0 Å². The maximum absolute atomic E-state index is 13.2. The molecule has 25 heavy (non-hydrogen) atoms. The zero-order valence-electron chi connectivity index (χ0n) is 13.9. The van der Waals surface area contributed by atoms with E-state index in [1.54, 1.807) is 19.1 Å². The van der Waals surface area contributed by atoms with Gasteiger partial charge in [0.1, 0.15) is 5.52 Å². The number of carbonyl (C=O) groups is 2. The molecule has 2 amide bonds. The van der Waals surface area contributed by atoms with Crippen LogP contribution in [0.25, 0.3) is 11.1 Å². The monoisotopic (exact) mass is 402 g/mol. The van der Waals surface area contributed by atoms with Crippen LogP contribution in [0.3, 0.4) is 0 Å². The number of benzene rings is 1. The van der Waals surface area contributed by atoms with Gasteiger partial charge in [0.05, 0.1) is 33.2 Å². The van der Waals surface area contributed by atoms with Gasteiger partial charge in [-0.15, -0.1) is 0 Å². The molecule has 1 aromatic heterocycles. The lowest BCUT2D eigenvalue weighted by Gasteiger charge is -2.25. The lowest BCUT2D eigenvalue weighted by Crippen LogP contribution is -2.39. The zero-order valence-corrected chi connectivity index (χ0v) is 15.5. The maximum atomic E-state index is 13.2. The van der Waals surface area contributed by atoms with Gasteiger partial charge in [0.2, 0.25) is 11.8 Å². The first-order chi connectivity index (χ1) is 11.8. The lowest BCUT2D eigenvalue weighted by molar-refractivity contribution is -0.128. The van der Waals surface area contributed by atoms with Crippen LogP contribution in [0.1, 0.15) is 19.7 Å². The maximum Gasteiger partial charge on any atom is 0.241 e. The molecule has 3 aliphatic heterocycles. The van der Waals surface area contributed by atoms with E-state index >= 15 is 0 Å². The second-order valence-corrected chi connectivity index (χ2v) is 8.10. The average Bonchev–Trinajstić information content (AvgIpc) is 3.21. The Labute approximate surface area is 151 Å². The van der Waals surface area contributed by atoms with E-state index in [1.165, 1.54) is 4.90 Å². The Balaban J connectivity index is 1.70. The van der Waals surface area contributed by atoms with Crippen LogP contribution in [0.2, 0.25) is 0 Å². The number of fused-ring (bicyclic) bond motifs is 6. The van der Waals surface area contributed by atoms with Crippen molar-refractivity contribution in [3.05, 3.63) is 34.6 Å². The van der Waals surface area contributed by atoms with Crippen molar-refractivity contribution < 1.29 is 18.7 Å². The van der Waals surface area contributed by atoms with Crippen molar-refractivity contribution in [2.75, 3.05) is 4.90 Å². The van der Waals surface area contributed by atoms with Crippen molar-refractivity contribution in [1.82, 2.24) is 4.98 Å². The number of halogens is 1. The van der Waals surface area contributed by atoms with Crippen LogP contribution in [0, 0.1) is 18.8 Å². The number of imide groups is 1. The molecule has 0 aliphatic carbocycles. The predicted molar refractivity (Wildman–Crippen MR) is 93.0 cm³/mol. The first-order valence-corrected chi connectivity index (χ1v) is 8.88. The fourth-order valence-corrected chi connectivity index (χ4v) is 4.92. The number of oxazole rings is 1. The highest BCUT2D eigenvalue weighted by atomic mass is 79.9. The second kappa shape index (κ2) is 4.40. The summed E-state index contributed by atoms with van der Waals surface area (Å²) in [5, 5.41) is 0. The first-order valence-electron chi connectivity index (χ1n) is 8.09. The highest BCUT2D eigenvalue weighted by Gasteiger charge is 2.70. The predicted octanol–water partition coefficient (Wildman–Crippen LogP) is 3.12. The van der Waals surface area contributed by atoms with Crippen LogP contribution >= 0.6 is 15.9 Å². The minimum absolute atomic E-state index is 0.241. The molecule has 1 aromatic carbocycles. The number of ether oxygens (including phenoxy) is 1. The van der Waals surface area contributed by atoms with E-state index in [0.717, 1.165) is 4.47 Å². The van der Waals surface area contributed by atoms with Gasteiger partial charge >= 0.3 is 0 Å². The van der Waals surface area contributed by atoms with Crippen LogP contribution in [-0.4, -0.2) is 28.0 Å². The fourth-order valence-electron chi connectivity index (χ4n) is 4.52. The Morgan fingerprint density at radius 2 is 1.72 bits per heavy atom. The van der Waals surface area contributed by atoms with Gasteiger partial charge < -0.3 is 9.15 Å². The largest absolute Gasteiger partial charge is 0.440 e. The zero-order chi connectivity index (χ0) is 17.7. The Morgan fingerprint density at radius 3 is 2.32 bits per heavy atom. The van der Waals surface area contributed by atoms with Gasteiger partial charge in [-0.3, -0.25) is 9.59 Å². The number of hydrogen-bond donors (Lipinski definition) is 0. The van der Waals surface area contributed by atoms with Crippen molar-refractivity contribution >= 4 is 44.5 Å². The van der Waals surface area contributed by atoms with Crippen LogP contribution < -0.4 is 4.90 Å². The molecular weight excluding hydrogens is 388 g/mol. The number of aromatic nitrogens is 1. The average molecular weight is 403 g/mol. The van der Waals surface area contributed by atoms with Gasteiger partial charge in [0.15, 0.2) is 11.5 Å². The van der Waals surface area contributed by atoms with Crippen LogP contribution in [0.5, 0.6) is 0 Å². The van der Waals surface area contributed by atoms with Crippen LogP contribution in [0.4, 0.5) is 5.69 Å². The molecule has 3 aliphatic rings. The third-order valence-corrected chi connectivity index (χ3v) is 6.17. The van der Waals surface area contributed by atoms with Crippen LogP contribution in [0.15, 0.2) is 33.2 Å². The molecule has 7 heteroatoms. The standard InChI is InChI=1S/C18H15BrN2O4/c1-8-20-13-10(5-4-9(19)14(13)24-8)21-15(22)11-12(16(21)23)18(3)7-6-17(11,2)25-18/h4-7,11-12H,1-3H3/t11-,12+,17?,18?. The fraction of sp³-hybridized carbons (Fsp3) is 0.389. The second-order valence-electron chi connectivity index (χ2n) is 7.25. The molecule has 0 radical (unpaired) electrons. The van der Waals surface area contributed by atoms with Gasteiger partial charge in [0, 0.05) is 6.92 Å². The van der Waals surface area contributed by atoms with Gasteiger partial charge in [0.25, 0.3) is 0 Å². The first kappa shape index (κ1) is 15.3. The van der Waals surface area contributed by atoms with Gasteiger partial charge in [-0.25, -0.2) is 9.88 Å². The number of hydrogen-bond acceptors (Lipinski definition) is 5. The summed E-state index contributed by atoms with van der Waals surface area (Å²) in [6.45, 7) is 5.47. The van der Waals surface area contributed by atoms with E-state index in [4.69, 9.17) is 9.15 Å². The number of rotatable bonds is 1. The summed E-state index contributed by atoms with van der Waals surface area (Å²) in [6.07, 6.45) is 3.81. The summed E-state index contributed by atoms with van der Waals surface area (Å²) >= 11 is 3.43. The summed E-state index contributed by atoms with van der Waals surface area (Å²) in [5.41, 5.74) is 0.0168. The molecule has 2 aromatic rings. The summed E-state index contributed by atoms with van der Waals surface area (Å²) in [4.78, 5) is 32.0. The van der Waals surface area contributed by atoms with Crippen molar-refractivity contribution in [2.45, 2.75) is 32.0 Å². The molecule has 2 fully saturated rings. The highest BCUT2D eigenvalue weighted by Crippen LogP contribution is 2.57. The Hall–Kier alpha value is -1.99. The summed E-state index contributed by atoms with van der Waals surface area (Å²) in [5.74, 6) is -1.03. The topological polar surface area (TPSA) is 72.6 Å². The summed E-state index contributed by atoms with van der Waals surface area (Å²) in [7, 11) is 0. The number of amides is 2. The van der Waals surface area contributed by atoms with Crippen molar-refractivity contribution in [1.29, 1.82) is 0 Å². The van der Waals surface area contributed by atoms with Gasteiger partial charge in [-0.05, 0) is 41.9 Å². The quantitative estimate of drug-likeness (QED) is 0.541. The molecule has 5 rings (SSSR count). The molecule has 6 nitrogen and oxygen atoms in total. The van der Waals surface area contributed by atoms with Crippen LogP contribution in [-0.2, 0) is 14.3 Å². The molecular formula is C18H15BrN2O4. The third kappa shape index (κ3) is 1.70. The third-order valence-electron chi connectivity index (χ3n) is 5.55. The van der Waals surface area contributed by atoms with E-state index in [0.29, 0.717) is 22.7 Å². The summed E-state index contributed by atoms with van der Waals surface area (Å²) < 4.78 is 12.4. The van der Waals surface area contributed by atoms with Gasteiger partial charge in [-0.1, -0.05) is 12.2 Å². The van der Waals surface area contributed by atoms with E-state index < -0.39 is 23.0 Å². The number of anilines is 1.